The number of aromatic nitrogens is 3. The largest absolute Gasteiger partial charge is 0.273 e. The van der Waals surface area contributed by atoms with Crippen LogP contribution in [0, 0.1) is 0 Å². The normalized spacial score (nSPS) is 12.0. The maximum Gasteiger partial charge on any atom is 0.272 e. The van der Waals surface area contributed by atoms with Gasteiger partial charge in [0.15, 0.2) is 0 Å². The van der Waals surface area contributed by atoms with E-state index >= 15 is 0 Å². The first-order chi connectivity index (χ1) is 14.6. The third kappa shape index (κ3) is 3.65. The second-order valence-corrected chi connectivity index (χ2v) is 8.57. The Labute approximate surface area is 175 Å². The Bertz CT molecular complexity index is 1110. The molecule has 30 heavy (non-hydrogen) atoms. The van der Waals surface area contributed by atoms with Crippen molar-refractivity contribution < 1.29 is 12.6 Å². The van der Waals surface area contributed by atoms with Crippen LogP contribution in [0.4, 0.5) is 0 Å². The van der Waals surface area contributed by atoms with Crippen LogP contribution in [-0.2, 0) is 25.6 Å². The van der Waals surface area contributed by atoms with Crippen LogP contribution >= 0.6 is 0 Å². The first-order valence-corrected chi connectivity index (χ1v) is 11.0. The first kappa shape index (κ1) is 20.0. The lowest BCUT2D eigenvalue weighted by atomic mass is 9.77. The van der Waals surface area contributed by atoms with Crippen LogP contribution < -0.4 is 0 Å². The van der Waals surface area contributed by atoms with E-state index in [4.69, 9.17) is 0 Å². The molecule has 0 bridgehead atoms. The summed E-state index contributed by atoms with van der Waals surface area (Å²) in [5.41, 5.74) is 2.42. The topological polar surface area (TPSA) is 74.1 Å². The van der Waals surface area contributed by atoms with Crippen molar-refractivity contribution in [2.75, 3.05) is 7.11 Å². The van der Waals surface area contributed by atoms with Gasteiger partial charge in [-0.2, -0.15) is 8.42 Å². The molecule has 0 saturated carbocycles. The van der Waals surface area contributed by atoms with Crippen molar-refractivity contribution >= 4 is 10.1 Å². The van der Waals surface area contributed by atoms with E-state index in [0.29, 0.717) is 5.69 Å². The summed E-state index contributed by atoms with van der Waals surface area (Å²) in [5, 5.41) is 8.53. The van der Waals surface area contributed by atoms with Gasteiger partial charge in [-0.1, -0.05) is 96.2 Å². The number of hydrogen-bond donors (Lipinski definition) is 0. The highest BCUT2D eigenvalue weighted by Gasteiger charge is 2.39. The van der Waals surface area contributed by atoms with Gasteiger partial charge in [-0.15, -0.1) is 5.10 Å². The fourth-order valence-electron chi connectivity index (χ4n) is 3.70. The zero-order chi connectivity index (χ0) is 21.0. The molecular formula is C23H21N3O3S. The van der Waals surface area contributed by atoms with Crippen LogP contribution in [0.25, 0.3) is 0 Å². The molecule has 0 unspecified atom stereocenters. The lowest BCUT2D eigenvalue weighted by Gasteiger charge is -2.35. The van der Waals surface area contributed by atoms with Gasteiger partial charge in [0, 0.05) is 0 Å². The molecule has 0 aliphatic carbocycles. The molecule has 0 fully saturated rings. The van der Waals surface area contributed by atoms with Gasteiger partial charge in [0.1, 0.15) is 17.0 Å². The van der Waals surface area contributed by atoms with Crippen molar-refractivity contribution in [1.82, 2.24) is 15.0 Å². The average molecular weight is 420 g/mol. The maximum atomic E-state index is 11.9. The molecular weight excluding hydrogens is 398 g/mol. The highest BCUT2D eigenvalue weighted by Crippen LogP contribution is 2.40. The smallest absolute Gasteiger partial charge is 0.272 e. The van der Waals surface area contributed by atoms with Gasteiger partial charge in [-0.3, -0.25) is 4.18 Å². The Morgan fingerprint density at radius 1 is 0.800 bits per heavy atom. The van der Waals surface area contributed by atoms with Gasteiger partial charge in [-0.05, 0) is 16.7 Å². The molecule has 0 aliphatic rings. The van der Waals surface area contributed by atoms with E-state index in [1.54, 1.807) is 10.9 Å². The molecule has 0 spiro atoms. The van der Waals surface area contributed by atoms with Crippen molar-refractivity contribution in [2.45, 2.75) is 11.3 Å². The number of hydrogen-bond acceptors (Lipinski definition) is 5. The minimum Gasteiger partial charge on any atom is -0.273 e. The Morgan fingerprint density at radius 2 is 1.23 bits per heavy atom. The molecule has 0 atom stereocenters. The van der Waals surface area contributed by atoms with Gasteiger partial charge in [0.2, 0.25) is 0 Å². The molecule has 0 aliphatic heterocycles. The number of nitrogens with zero attached hydrogens (tertiary/aromatic N) is 3. The Hall–Kier alpha value is -3.29. The van der Waals surface area contributed by atoms with Crippen LogP contribution in [0.15, 0.2) is 97.2 Å². The lowest BCUT2D eigenvalue weighted by molar-refractivity contribution is 0.396. The minimum atomic E-state index is -3.71. The SMILES string of the molecule is COS(=O)(=O)Cc1cn(C(c2ccccc2)(c2ccccc2)c2ccccc2)nn1. The fourth-order valence-corrected chi connectivity index (χ4v) is 4.32. The number of rotatable bonds is 7. The Morgan fingerprint density at radius 3 is 1.63 bits per heavy atom. The van der Waals surface area contributed by atoms with Gasteiger partial charge in [0.05, 0.1) is 13.3 Å². The summed E-state index contributed by atoms with van der Waals surface area (Å²) in [4.78, 5) is 0. The van der Waals surface area contributed by atoms with Crippen LogP contribution in [0.5, 0.6) is 0 Å². The first-order valence-electron chi connectivity index (χ1n) is 9.43. The predicted molar refractivity (Wildman–Crippen MR) is 114 cm³/mol. The predicted octanol–water partition coefficient (Wildman–Crippen LogP) is 3.59. The van der Waals surface area contributed by atoms with Gasteiger partial charge < -0.3 is 0 Å². The third-order valence-corrected chi connectivity index (χ3v) is 6.19. The Balaban J connectivity index is 2.00. The number of benzene rings is 3. The van der Waals surface area contributed by atoms with Crippen LogP contribution in [0.2, 0.25) is 0 Å². The molecule has 152 valence electrons. The standard InChI is InChI=1S/C23H21N3O3S/c1-29-30(27,28)18-22-17-26(25-24-22)23(19-11-5-2-6-12-19,20-13-7-3-8-14-20)21-15-9-4-10-16-21/h2-17H,18H2,1H3. The summed E-state index contributed by atoms with van der Waals surface area (Å²) < 4.78 is 30.2. The Kier molecular flexibility index (Phi) is 5.48. The second-order valence-electron chi connectivity index (χ2n) is 6.83. The molecule has 4 rings (SSSR count). The lowest BCUT2D eigenvalue weighted by Crippen LogP contribution is -2.38. The van der Waals surface area contributed by atoms with Crippen LogP contribution in [0.3, 0.4) is 0 Å². The average Bonchev–Trinajstić information content (AvgIpc) is 3.24. The van der Waals surface area contributed by atoms with Gasteiger partial charge in [-0.25, -0.2) is 4.68 Å². The van der Waals surface area contributed by atoms with E-state index in [1.807, 2.05) is 91.0 Å². The van der Waals surface area contributed by atoms with Crippen molar-refractivity contribution in [3.8, 4) is 0 Å². The van der Waals surface area contributed by atoms with Crippen molar-refractivity contribution in [3.63, 3.8) is 0 Å². The van der Waals surface area contributed by atoms with E-state index in [0.717, 1.165) is 23.8 Å². The van der Waals surface area contributed by atoms with E-state index in [1.165, 1.54) is 0 Å². The fraction of sp³-hybridized carbons (Fsp3) is 0.130. The quantitative estimate of drug-likeness (QED) is 0.338. The summed E-state index contributed by atoms with van der Waals surface area (Å²) >= 11 is 0. The maximum absolute atomic E-state index is 11.9. The van der Waals surface area contributed by atoms with Crippen LogP contribution in [0.1, 0.15) is 22.4 Å². The summed E-state index contributed by atoms with van der Waals surface area (Å²) in [7, 11) is -2.57. The molecule has 0 amide bonds. The van der Waals surface area contributed by atoms with Gasteiger partial charge >= 0.3 is 0 Å². The van der Waals surface area contributed by atoms with E-state index < -0.39 is 15.7 Å². The van der Waals surface area contributed by atoms with Gasteiger partial charge in [0.25, 0.3) is 10.1 Å². The monoisotopic (exact) mass is 419 g/mol. The highest BCUT2D eigenvalue weighted by molar-refractivity contribution is 7.85. The molecule has 1 aromatic heterocycles. The van der Waals surface area contributed by atoms with E-state index in [9.17, 15) is 8.42 Å². The minimum absolute atomic E-state index is 0.309. The van der Waals surface area contributed by atoms with Crippen molar-refractivity contribution in [3.05, 3.63) is 120 Å². The van der Waals surface area contributed by atoms with E-state index in [-0.39, 0.29) is 5.75 Å². The molecule has 3 aromatic carbocycles. The summed E-state index contributed by atoms with van der Waals surface area (Å²) in [5.74, 6) is -0.349. The molecule has 1 heterocycles. The van der Waals surface area contributed by atoms with Crippen molar-refractivity contribution in [2.24, 2.45) is 0 Å². The molecule has 0 N–H and O–H groups in total. The van der Waals surface area contributed by atoms with Crippen LogP contribution in [-0.4, -0.2) is 30.5 Å². The summed E-state index contributed by atoms with van der Waals surface area (Å²) in [6, 6.07) is 29.9. The molecule has 0 radical (unpaired) electrons. The molecule has 7 heteroatoms. The third-order valence-electron chi connectivity index (χ3n) is 5.04. The summed E-state index contributed by atoms with van der Waals surface area (Å²) in [6.45, 7) is 0. The second kappa shape index (κ2) is 8.22. The molecule has 4 aromatic rings. The van der Waals surface area contributed by atoms with E-state index in [2.05, 4.69) is 14.5 Å². The van der Waals surface area contributed by atoms with Crippen molar-refractivity contribution in [1.29, 1.82) is 0 Å². The molecule has 6 nitrogen and oxygen atoms in total. The highest BCUT2D eigenvalue weighted by atomic mass is 32.2. The zero-order valence-electron chi connectivity index (χ0n) is 16.4. The zero-order valence-corrected chi connectivity index (χ0v) is 17.2. The summed E-state index contributed by atoms with van der Waals surface area (Å²) in [6.07, 6.45) is 1.67. The molecule has 0 saturated heterocycles.